The van der Waals surface area contributed by atoms with Crippen LogP contribution in [-0.4, -0.2) is 108 Å². The van der Waals surface area contributed by atoms with Gasteiger partial charge in [0, 0.05) is 42.4 Å². The zero-order valence-electron chi connectivity index (χ0n) is 27.2. The lowest BCUT2D eigenvalue weighted by molar-refractivity contribution is -0.153. The summed E-state index contributed by atoms with van der Waals surface area (Å²) in [6, 6.07) is 6.72. The summed E-state index contributed by atoms with van der Waals surface area (Å²) in [7, 11) is 6.59. The number of nitrogens with one attached hydrogen (secondary N) is 1. The Kier molecular flexibility index (Phi) is 8.84. The summed E-state index contributed by atoms with van der Waals surface area (Å²) in [6.45, 7) is 1.46. The van der Waals surface area contributed by atoms with Crippen LogP contribution in [0.3, 0.4) is 0 Å². The van der Waals surface area contributed by atoms with Crippen molar-refractivity contribution in [3.63, 3.8) is 0 Å². The molecule has 2 aromatic rings. The maximum atomic E-state index is 14.2. The standard InChI is InChI=1S/C34H38N4O10/c1-6-48-22(39)14-36-33(46)16-9-7-8-15(10-16)18-13-21(37(2)3)19-11-17-12-20-26(38(4)5)29(42)25(32(35)45)31(44)34(20,47)30(43)23(17)28(41)24(19)27(18)40/h7-10,13,17,20,26,40-41,44,47H,6,11-12,14H2,1-5H3,(H2,35,45)(H,36,46)/t17-,20-,26-,34-/m0/s1. The van der Waals surface area contributed by atoms with Gasteiger partial charge in [0.2, 0.25) is 5.78 Å². The highest BCUT2D eigenvalue weighted by atomic mass is 16.5. The van der Waals surface area contributed by atoms with Crippen molar-refractivity contribution in [1.82, 2.24) is 10.2 Å². The van der Waals surface area contributed by atoms with E-state index >= 15 is 0 Å². The van der Waals surface area contributed by atoms with Gasteiger partial charge in [-0.25, -0.2) is 0 Å². The van der Waals surface area contributed by atoms with E-state index in [1.165, 1.54) is 31.1 Å². The monoisotopic (exact) mass is 662 g/mol. The predicted octanol–water partition coefficient (Wildman–Crippen LogP) is 0.990. The van der Waals surface area contributed by atoms with Crippen molar-refractivity contribution in [1.29, 1.82) is 0 Å². The number of likely N-dealkylation sites (N-methyl/N-ethyl adjacent to an activating group) is 1. The lowest BCUT2D eigenvalue weighted by Crippen LogP contribution is -2.65. The Morgan fingerprint density at radius 1 is 1.08 bits per heavy atom. The fourth-order valence-corrected chi connectivity index (χ4v) is 7.21. The van der Waals surface area contributed by atoms with Crippen LogP contribution in [0.15, 0.2) is 47.2 Å². The van der Waals surface area contributed by atoms with Crippen LogP contribution < -0.4 is 16.0 Å². The smallest absolute Gasteiger partial charge is 0.325 e. The number of nitrogens with two attached hydrogens (primary N) is 1. The Bertz CT molecular complexity index is 1830. The van der Waals surface area contributed by atoms with Crippen LogP contribution in [0, 0.1) is 11.8 Å². The molecule has 4 atom stereocenters. The minimum atomic E-state index is -2.76. The molecule has 48 heavy (non-hydrogen) atoms. The Balaban J connectivity index is 1.65. The molecule has 0 heterocycles. The number of carbonyl (C=O) groups is 5. The highest BCUT2D eigenvalue weighted by Gasteiger charge is 2.64. The SMILES string of the molecule is CCOC(=O)CNC(=O)c1cccc(-c2cc(N(C)C)c3c(c2O)C(O)=C2C(=O)[C@]4(O)C(O)=C(C(N)=O)C(=O)[C@@H](N(C)C)[C@@H]4C[C@@H]2C3)c1. The first-order valence-corrected chi connectivity index (χ1v) is 15.3. The van der Waals surface area contributed by atoms with Gasteiger partial charge in [0.15, 0.2) is 11.4 Å². The maximum Gasteiger partial charge on any atom is 0.325 e. The molecular weight excluding hydrogens is 624 g/mol. The van der Waals surface area contributed by atoms with E-state index in [-0.39, 0.29) is 48.3 Å². The number of hydrogen-bond acceptors (Lipinski definition) is 12. The van der Waals surface area contributed by atoms with Gasteiger partial charge in [-0.05, 0) is 69.1 Å². The van der Waals surface area contributed by atoms with Gasteiger partial charge in [0.25, 0.3) is 11.8 Å². The fourth-order valence-electron chi connectivity index (χ4n) is 7.21. The van der Waals surface area contributed by atoms with Crippen molar-refractivity contribution in [2.45, 2.75) is 31.4 Å². The Morgan fingerprint density at radius 2 is 1.77 bits per heavy atom. The number of nitrogens with zero attached hydrogens (tertiary/aromatic N) is 2. The number of hydrogen-bond donors (Lipinski definition) is 6. The minimum absolute atomic E-state index is 0.0376. The molecule has 0 spiro atoms. The quantitative estimate of drug-likeness (QED) is 0.172. The van der Waals surface area contributed by atoms with E-state index in [1.54, 1.807) is 44.1 Å². The number of amides is 2. The largest absolute Gasteiger partial charge is 0.508 e. The first kappa shape index (κ1) is 34.1. The van der Waals surface area contributed by atoms with E-state index in [1.807, 2.05) is 0 Å². The van der Waals surface area contributed by atoms with Gasteiger partial charge in [-0.1, -0.05) is 12.1 Å². The predicted molar refractivity (Wildman–Crippen MR) is 173 cm³/mol. The van der Waals surface area contributed by atoms with Gasteiger partial charge < -0.3 is 41.1 Å². The number of ether oxygens (including phenoxy) is 1. The second-order valence-corrected chi connectivity index (χ2v) is 12.6. The van der Waals surface area contributed by atoms with Gasteiger partial charge in [0.05, 0.1) is 18.2 Å². The Labute approximate surface area is 276 Å². The summed E-state index contributed by atoms with van der Waals surface area (Å²) in [6.07, 6.45) is 0.0797. The zero-order valence-corrected chi connectivity index (χ0v) is 27.2. The summed E-state index contributed by atoms with van der Waals surface area (Å²) in [5.41, 5.74) is 3.24. The third-order valence-corrected chi connectivity index (χ3v) is 9.31. The second kappa shape index (κ2) is 12.4. The molecule has 7 N–H and O–H groups in total. The van der Waals surface area contributed by atoms with Crippen LogP contribution in [-0.2, 0) is 30.3 Å². The van der Waals surface area contributed by atoms with Crippen LogP contribution in [0.4, 0.5) is 5.69 Å². The molecule has 1 saturated carbocycles. The fraction of sp³-hybridized carbons (Fsp3) is 0.382. The first-order chi connectivity index (χ1) is 22.6. The highest BCUT2D eigenvalue weighted by molar-refractivity contribution is 6.24. The first-order valence-electron chi connectivity index (χ1n) is 15.3. The number of aromatic hydroxyl groups is 1. The molecule has 0 unspecified atom stereocenters. The summed E-state index contributed by atoms with van der Waals surface area (Å²) >= 11 is 0. The normalized spacial score (nSPS) is 23.4. The van der Waals surface area contributed by atoms with Gasteiger partial charge in [-0.15, -0.1) is 0 Å². The maximum absolute atomic E-state index is 14.2. The second-order valence-electron chi connectivity index (χ2n) is 12.6. The molecule has 3 aliphatic rings. The number of aliphatic hydroxyl groups excluding tert-OH is 2. The third-order valence-electron chi connectivity index (χ3n) is 9.31. The number of carbonyl (C=O) groups excluding carboxylic acids is 5. The van der Waals surface area contributed by atoms with E-state index in [9.17, 15) is 44.4 Å². The number of aliphatic hydroxyl groups is 3. The summed E-state index contributed by atoms with van der Waals surface area (Å²) < 4.78 is 4.85. The summed E-state index contributed by atoms with van der Waals surface area (Å²) in [5.74, 6) is -8.54. The third kappa shape index (κ3) is 5.26. The van der Waals surface area contributed by atoms with E-state index in [0.29, 0.717) is 16.8 Å². The molecular formula is C34H38N4O10. The minimum Gasteiger partial charge on any atom is -0.508 e. The molecule has 0 aromatic heterocycles. The molecule has 14 nitrogen and oxygen atoms in total. The number of ketones is 2. The molecule has 0 aliphatic heterocycles. The number of benzene rings is 2. The summed E-state index contributed by atoms with van der Waals surface area (Å²) in [4.78, 5) is 67.6. The van der Waals surface area contributed by atoms with Crippen LogP contribution in [0.5, 0.6) is 5.75 Å². The average molecular weight is 663 g/mol. The van der Waals surface area contributed by atoms with Crippen molar-refractivity contribution in [3.8, 4) is 16.9 Å². The van der Waals surface area contributed by atoms with Crippen molar-refractivity contribution in [2.24, 2.45) is 17.6 Å². The topological polar surface area (TPSA) is 220 Å². The Morgan fingerprint density at radius 3 is 2.38 bits per heavy atom. The van der Waals surface area contributed by atoms with Crippen molar-refractivity contribution < 1.29 is 49.1 Å². The van der Waals surface area contributed by atoms with Crippen molar-refractivity contribution in [3.05, 3.63) is 63.9 Å². The molecule has 3 aliphatic carbocycles. The zero-order chi connectivity index (χ0) is 35.4. The molecule has 254 valence electrons. The van der Waals surface area contributed by atoms with E-state index in [2.05, 4.69) is 5.32 Å². The number of primary amides is 1. The molecule has 0 radical (unpaired) electrons. The van der Waals surface area contributed by atoms with Gasteiger partial charge >= 0.3 is 5.97 Å². The molecule has 0 saturated heterocycles. The number of fused-ring (bicyclic) bond motifs is 3. The lowest BCUT2D eigenvalue weighted by atomic mass is 9.57. The van der Waals surface area contributed by atoms with Crippen LogP contribution in [0.1, 0.15) is 34.8 Å². The average Bonchev–Trinajstić information content (AvgIpc) is 3.01. The van der Waals surface area contributed by atoms with Crippen LogP contribution in [0.25, 0.3) is 16.9 Å². The molecule has 5 rings (SSSR count). The van der Waals surface area contributed by atoms with E-state index < -0.39 is 75.7 Å². The lowest BCUT2D eigenvalue weighted by Gasteiger charge is -2.50. The van der Waals surface area contributed by atoms with Gasteiger partial charge in [-0.2, -0.15) is 0 Å². The molecule has 2 amide bonds. The number of esters is 1. The van der Waals surface area contributed by atoms with Gasteiger partial charge in [0.1, 0.15) is 29.4 Å². The molecule has 14 heteroatoms. The number of anilines is 1. The number of phenolic OH excluding ortho intramolecular Hbond substituents is 1. The number of Topliss-reactive ketones (excluding diaryl/α,β-unsaturated/α-hetero) is 2. The molecule has 0 bridgehead atoms. The molecule has 1 fully saturated rings. The summed E-state index contributed by atoms with van der Waals surface area (Å²) in [5, 5.41) is 48.9. The van der Waals surface area contributed by atoms with Crippen molar-refractivity contribution >= 4 is 40.8 Å². The van der Waals surface area contributed by atoms with Crippen LogP contribution >= 0.6 is 0 Å². The van der Waals surface area contributed by atoms with Crippen LogP contribution in [0.2, 0.25) is 0 Å². The van der Waals surface area contributed by atoms with Crippen molar-refractivity contribution in [2.75, 3.05) is 46.2 Å². The highest BCUT2D eigenvalue weighted by Crippen LogP contribution is 2.55. The van der Waals surface area contributed by atoms with E-state index in [0.717, 1.165) is 0 Å². The number of phenols is 1. The number of rotatable bonds is 8. The Hall–Kier alpha value is -5.21. The van der Waals surface area contributed by atoms with Gasteiger partial charge in [-0.3, -0.25) is 28.9 Å². The molecule has 2 aromatic carbocycles. The van der Waals surface area contributed by atoms with E-state index in [4.69, 9.17) is 10.5 Å².